The number of halogens is 1. The fourth-order valence-corrected chi connectivity index (χ4v) is 4.69. The van der Waals surface area contributed by atoms with E-state index in [4.69, 9.17) is 4.98 Å². The normalized spacial score (nSPS) is 11.4. The van der Waals surface area contributed by atoms with Crippen molar-refractivity contribution in [2.75, 3.05) is 0 Å². The summed E-state index contributed by atoms with van der Waals surface area (Å²) in [6.07, 6.45) is 0. The number of nitrogens with zero attached hydrogens (tertiary/aromatic N) is 4. The molecule has 5 nitrogen and oxygen atoms in total. The van der Waals surface area contributed by atoms with Gasteiger partial charge in [-0.1, -0.05) is 30.0 Å². The summed E-state index contributed by atoms with van der Waals surface area (Å²) in [7, 11) is 0. The Kier molecular flexibility index (Phi) is 5.32. The van der Waals surface area contributed by atoms with Crippen LogP contribution < -0.4 is 5.56 Å². The van der Waals surface area contributed by atoms with Crippen LogP contribution in [0.1, 0.15) is 23.1 Å². The van der Waals surface area contributed by atoms with Crippen LogP contribution in [0.25, 0.3) is 11.0 Å². The van der Waals surface area contributed by atoms with Crippen molar-refractivity contribution >= 4 is 34.1 Å². The molecule has 0 saturated heterocycles. The molecule has 0 fully saturated rings. The van der Waals surface area contributed by atoms with Gasteiger partial charge in [-0.25, -0.2) is 9.37 Å². The number of aromatic nitrogens is 4. The predicted molar refractivity (Wildman–Crippen MR) is 112 cm³/mol. The monoisotopic (exact) mass is 414 g/mol. The molecule has 8 heteroatoms. The van der Waals surface area contributed by atoms with E-state index in [9.17, 15) is 9.18 Å². The van der Waals surface area contributed by atoms with Crippen LogP contribution in [0.15, 0.2) is 51.7 Å². The molecule has 3 aromatic heterocycles. The van der Waals surface area contributed by atoms with Crippen LogP contribution in [0, 0.1) is 12.7 Å². The van der Waals surface area contributed by atoms with Gasteiger partial charge in [-0.3, -0.25) is 14.0 Å². The second-order valence-corrected chi connectivity index (χ2v) is 8.35. The van der Waals surface area contributed by atoms with Crippen molar-refractivity contribution in [1.82, 2.24) is 19.3 Å². The minimum atomic E-state index is -0.259. The summed E-state index contributed by atoms with van der Waals surface area (Å²) in [4.78, 5) is 19.2. The average molecular weight is 415 g/mol. The van der Waals surface area contributed by atoms with E-state index in [1.807, 2.05) is 31.4 Å². The van der Waals surface area contributed by atoms with Crippen molar-refractivity contribution in [3.05, 3.63) is 74.1 Å². The summed E-state index contributed by atoms with van der Waals surface area (Å²) in [5, 5.41) is 7.11. The summed E-state index contributed by atoms with van der Waals surface area (Å²) in [5.74, 6) is 0.342. The summed E-state index contributed by atoms with van der Waals surface area (Å²) in [6.45, 7) is 4.92. The molecule has 0 atom stereocenters. The summed E-state index contributed by atoms with van der Waals surface area (Å²) in [6, 6.07) is 10.4. The number of thioether (sulfide) groups is 1. The minimum Gasteiger partial charge on any atom is -0.280 e. The van der Waals surface area contributed by atoms with Crippen LogP contribution in [0.5, 0.6) is 0 Å². The minimum absolute atomic E-state index is 0.0811. The van der Waals surface area contributed by atoms with Crippen LogP contribution in [0.2, 0.25) is 0 Å². The summed E-state index contributed by atoms with van der Waals surface area (Å²) < 4.78 is 16.6. The molecule has 0 amide bonds. The van der Waals surface area contributed by atoms with Crippen LogP contribution in [-0.2, 0) is 18.8 Å². The quantitative estimate of drug-likeness (QED) is 0.345. The zero-order valence-electron chi connectivity index (χ0n) is 15.6. The van der Waals surface area contributed by atoms with Crippen molar-refractivity contribution in [3.8, 4) is 0 Å². The SMILES string of the molecule is CCn1nc(C)c2nc(SCc3ccc(F)cc3)n(Cc3cccs3)c(=O)c21. The van der Waals surface area contributed by atoms with E-state index in [2.05, 4.69) is 5.10 Å². The Morgan fingerprint density at radius 1 is 1.21 bits per heavy atom. The molecule has 0 unspecified atom stereocenters. The van der Waals surface area contributed by atoms with Gasteiger partial charge in [-0.2, -0.15) is 5.10 Å². The number of hydrogen-bond donors (Lipinski definition) is 0. The molecule has 0 aliphatic heterocycles. The predicted octanol–water partition coefficient (Wildman–Crippen LogP) is 4.46. The molecule has 0 saturated carbocycles. The first-order valence-electron chi connectivity index (χ1n) is 8.94. The fourth-order valence-electron chi connectivity index (χ4n) is 3.05. The second kappa shape index (κ2) is 7.89. The molecule has 144 valence electrons. The van der Waals surface area contributed by atoms with E-state index >= 15 is 0 Å². The number of rotatable bonds is 6. The number of fused-ring (bicyclic) bond motifs is 1. The second-order valence-electron chi connectivity index (χ2n) is 6.38. The van der Waals surface area contributed by atoms with Crippen LogP contribution in [-0.4, -0.2) is 19.3 Å². The van der Waals surface area contributed by atoms with Crippen molar-refractivity contribution in [2.45, 2.75) is 37.8 Å². The maximum absolute atomic E-state index is 13.3. The topological polar surface area (TPSA) is 52.7 Å². The van der Waals surface area contributed by atoms with E-state index in [1.165, 1.54) is 23.9 Å². The molecule has 28 heavy (non-hydrogen) atoms. The molecule has 4 aromatic rings. The Labute approximate surface area is 169 Å². The van der Waals surface area contributed by atoms with Gasteiger partial charge < -0.3 is 0 Å². The highest BCUT2D eigenvalue weighted by atomic mass is 32.2. The molecule has 0 aliphatic rings. The van der Waals surface area contributed by atoms with Gasteiger partial charge in [0.2, 0.25) is 0 Å². The summed E-state index contributed by atoms with van der Waals surface area (Å²) in [5.41, 5.74) is 2.84. The zero-order valence-corrected chi connectivity index (χ0v) is 17.2. The third kappa shape index (κ3) is 3.62. The molecule has 1 aromatic carbocycles. The third-order valence-electron chi connectivity index (χ3n) is 4.46. The molecular formula is C20H19FN4OS2. The molecule has 4 rings (SSSR count). The first-order valence-corrected chi connectivity index (χ1v) is 10.8. The molecule has 3 heterocycles. The van der Waals surface area contributed by atoms with E-state index in [0.29, 0.717) is 35.0 Å². The Morgan fingerprint density at radius 3 is 2.68 bits per heavy atom. The Hall–Kier alpha value is -2.45. The van der Waals surface area contributed by atoms with Crippen molar-refractivity contribution < 1.29 is 4.39 Å². The maximum Gasteiger partial charge on any atom is 0.280 e. The largest absolute Gasteiger partial charge is 0.280 e. The Bertz CT molecular complexity index is 1160. The fraction of sp³-hybridized carbons (Fsp3) is 0.250. The van der Waals surface area contributed by atoms with Gasteiger partial charge in [0, 0.05) is 17.2 Å². The standard InChI is InChI=1S/C20H19FN4OS2/c1-3-25-18-17(13(2)23-25)22-20(28-12-14-6-8-15(21)9-7-14)24(19(18)26)11-16-5-4-10-27-16/h4-10H,3,11-12H2,1-2H3. The van der Waals surface area contributed by atoms with Gasteiger partial charge in [0.15, 0.2) is 10.7 Å². The number of hydrogen-bond acceptors (Lipinski definition) is 5. The first kappa shape index (κ1) is 18.9. The molecule has 0 aliphatic carbocycles. The van der Waals surface area contributed by atoms with Crippen LogP contribution >= 0.6 is 23.1 Å². The van der Waals surface area contributed by atoms with E-state index in [-0.39, 0.29) is 11.4 Å². The lowest BCUT2D eigenvalue weighted by Crippen LogP contribution is -2.25. The highest BCUT2D eigenvalue weighted by Crippen LogP contribution is 2.25. The molecular weight excluding hydrogens is 395 g/mol. The van der Waals surface area contributed by atoms with Crippen molar-refractivity contribution in [2.24, 2.45) is 0 Å². The third-order valence-corrected chi connectivity index (χ3v) is 6.37. The van der Waals surface area contributed by atoms with E-state index < -0.39 is 0 Å². The lowest BCUT2D eigenvalue weighted by Gasteiger charge is -2.12. The molecule has 0 N–H and O–H groups in total. The summed E-state index contributed by atoms with van der Waals surface area (Å²) >= 11 is 3.09. The van der Waals surface area contributed by atoms with Gasteiger partial charge in [0.1, 0.15) is 11.3 Å². The number of benzene rings is 1. The van der Waals surface area contributed by atoms with Gasteiger partial charge in [-0.15, -0.1) is 11.3 Å². The molecule has 0 spiro atoms. The van der Waals surface area contributed by atoms with E-state index in [0.717, 1.165) is 16.1 Å². The van der Waals surface area contributed by atoms with E-state index in [1.54, 1.807) is 32.7 Å². The van der Waals surface area contributed by atoms with Gasteiger partial charge in [-0.05, 0) is 43.0 Å². The highest BCUT2D eigenvalue weighted by Gasteiger charge is 2.18. The van der Waals surface area contributed by atoms with Gasteiger partial charge >= 0.3 is 0 Å². The van der Waals surface area contributed by atoms with Gasteiger partial charge in [0.25, 0.3) is 5.56 Å². The van der Waals surface area contributed by atoms with Crippen LogP contribution in [0.4, 0.5) is 4.39 Å². The Morgan fingerprint density at radius 2 is 2.00 bits per heavy atom. The average Bonchev–Trinajstić information content (AvgIpc) is 3.31. The molecule has 0 bridgehead atoms. The molecule has 0 radical (unpaired) electrons. The lowest BCUT2D eigenvalue weighted by atomic mass is 10.2. The zero-order chi connectivity index (χ0) is 19.7. The number of thiophene rings is 1. The Balaban J connectivity index is 1.79. The van der Waals surface area contributed by atoms with Crippen molar-refractivity contribution in [1.29, 1.82) is 0 Å². The first-order chi connectivity index (χ1) is 13.6. The maximum atomic E-state index is 13.3. The van der Waals surface area contributed by atoms with Crippen molar-refractivity contribution in [3.63, 3.8) is 0 Å². The number of aryl methyl sites for hydroxylation is 2. The van der Waals surface area contributed by atoms with Gasteiger partial charge in [0.05, 0.1) is 12.2 Å². The highest BCUT2D eigenvalue weighted by molar-refractivity contribution is 7.98. The van der Waals surface area contributed by atoms with Crippen LogP contribution in [0.3, 0.4) is 0 Å². The smallest absolute Gasteiger partial charge is 0.280 e. The lowest BCUT2D eigenvalue weighted by molar-refractivity contribution is 0.627.